The van der Waals surface area contributed by atoms with Crippen molar-refractivity contribution >= 4 is 43.8 Å². The second-order valence-corrected chi connectivity index (χ2v) is 10.4. The molecule has 7 nitrogen and oxygen atoms in total. The van der Waals surface area contributed by atoms with Crippen molar-refractivity contribution in [3.05, 3.63) is 101 Å². The van der Waals surface area contributed by atoms with Gasteiger partial charge in [-0.15, -0.1) is 11.3 Å². The Kier molecular flexibility index (Phi) is 6.95. The summed E-state index contributed by atoms with van der Waals surface area (Å²) in [5.41, 5.74) is 3.53. The maximum absolute atomic E-state index is 12.9. The molecule has 1 N–H and O–H groups in total. The fourth-order valence-corrected chi connectivity index (χ4v) is 5.02. The van der Waals surface area contributed by atoms with E-state index in [-0.39, 0.29) is 17.1 Å². The largest absolute Gasteiger partial charge is 0.456 e. The van der Waals surface area contributed by atoms with Gasteiger partial charge in [0, 0.05) is 18.1 Å². The van der Waals surface area contributed by atoms with E-state index in [0.717, 1.165) is 5.69 Å². The van der Waals surface area contributed by atoms with Gasteiger partial charge < -0.3 is 10.1 Å². The highest BCUT2D eigenvalue weighted by Gasteiger charge is 2.21. The lowest BCUT2D eigenvalue weighted by Crippen LogP contribution is -2.26. The highest BCUT2D eigenvalue weighted by atomic mass is 32.2. The van der Waals surface area contributed by atoms with Gasteiger partial charge in [0.1, 0.15) is 6.61 Å². The predicted molar refractivity (Wildman–Crippen MR) is 134 cm³/mol. The molecular formula is C25H23N3O4S2. The third-order valence-electron chi connectivity index (χ3n) is 5.07. The van der Waals surface area contributed by atoms with Crippen LogP contribution in [-0.2, 0) is 21.4 Å². The summed E-state index contributed by atoms with van der Waals surface area (Å²) in [7, 11) is -2.26. The molecule has 0 fully saturated rings. The van der Waals surface area contributed by atoms with Gasteiger partial charge in [0.15, 0.2) is 5.13 Å². The van der Waals surface area contributed by atoms with Crippen molar-refractivity contribution in [2.24, 2.45) is 0 Å². The maximum atomic E-state index is 12.9. The third-order valence-corrected chi connectivity index (χ3v) is 7.68. The number of carbonyl (C=O) groups is 1. The van der Waals surface area contributed by atoms with Crippen LogP contribution in [-0.4, -0.2) is 26.4 Å². The highest BCUT2D eigenvalue weighted by molar-refractivity contribution is 7.92. The van der Waals surface area contributed by atoms with Crippen molar-refractivity contribution in [2.45, 2.75) is 18.4 Å². The number of thiazole rings is 1. The Morgan fingerprint density at radius 2 is 1.68 bits per heavy atom. The summed E-state index contributed by atoms with van der Waals surface area (Å²) in [4.78, 5) is 17.0. The van der Waals surface area contributed by atoms with Gasteiger partial charge in [-0.05, 0) is 55.5 Å². The molecule has 4 aromatic rings. The summed E-state index contributed by atoms with van der Waals surface area (Å²) in [5.74, 6) is -0.554. The van der Waals surface area contributed by atoms with E-state index in [1.165, 1.54) is 52.5 Å². The molecule has 9 heteroatoms. The number of hydrogen-bond donors (Lipinski definition) is 1. The van der Waals surface area contributed by atoms with Gasteiger partial charge in [0.25, 0.3) is 10.0 Å². The molecule has 0 aliphatic carbocycles. The van der Waals surface area contributed by atoms with Crippen molar-refractivity contribution in [3.8, 4) is 0 Å². The topological polar surface area (TPSA) is 88.6 Å². The molecule has 0 saturated heterocycles. The van der Waals surface area contributed by atoms with E-state index in [2.05, 4.69) is 10.3 Å². The molecule has 0 aliphatic heterocycles. The summed E-state index contributed by atoms with van der Waals surface area (Å²) in [6.45, 7) is 2.04. The lowest BCUT2D eigenvalue weighted by Gasteiger charge is -2.19. The fraction of sp³-hybridized carbons (Fsp3) is 0.120. The standard InChI is InChI=1S/C25H23N3O4S2/c1-18-8-12-20(13-9-18)26-25-27-21(17-33-25)16-32-24(29)19-10-14-23(15-11-19)34(30,31)28(2)22-6-4-3-5-7-22/h3-15,17H,16H2,1-2H3,(H,26,27). The molecule has 174 valence electrons. The van der Waals surface area contributed by atoms with Crippen LogP contribution in [0.5, 0.6) is 0 Å². The average Bonchev–Trinajstić information content (AvgIpc) is 3.31. The van der Waals surface area contributed by atoms with Crippen LogP contribution in [0.3, 0.4) is 0 Å². The second kappa shape index (κ2) is 10.1. The van der Waals surface area contributed by atoms with Crippen molar-refractivity contribution in [1.82, 2.24) is 4.98 Å². The summed E-state index contributed by atoms with van der Waals surface area (Å²) in [5, 5.41) is 5.74. The van der Waals surface area contributed by atoms with E-state index in [1.54, 1.807) is 24.3 Å². The SMILES string of the molecule is Cc1ccc(Nc2nc(COC(=O)c3ccc(S(=O)(=O)N(C)c4ccccc4)cc3)cs2)cc1. The van der Waals surface area contributed by atoms with E-state index < -0.39 is 16.0 Å². The molecule has 4 rings (SSSR count). The van der Waals surface area contributed by atoms with Crippen LogP contribution in [0.25, 0.3) is 0 Å². The average molecular weight is 494 g/mol. The third kappa shape index (κ3) is 5.44. The molecule has 1 aromatic heterocycles. The number of ether oxygens (including phenoxy) is 1. The number of sulfonamides is 1. The number of anilines is 3. The number of benzene rings is 3. The summed E-state index contributed by atoms with van der Waals surface area (Å²) < 4.78 is 32.3. The highest BCUT2D eigenvalue weighted by Crippen LogP contribution is 2.23. The zero-order valence-corrected chi connectivity index (χ0v) is 20.3. The van der Waals surface area contributed by atoms with Crippen molar-refractivity contribution in [3.63, 3.8) is 0 Å². The Morgan fingerprint density at radius 1 is 1.00 bits per heavy atom. The minimum absolute atomic E-state index is 0.0156. The number of nitrogens with zero attached hydrogens (tertiary/aromatic N) is 2. The molecule has 0 saturated carbocycles. The summed E-state index contributed by atoms with van der Waals surface area (Å²) in [6, 6.07) is 22.4. The minimum atomic E-state index is -3.75. The first-order valence-corrected chi connectivity index (χ1v) is 12.7. The number of hydrogen-bond acceptors (Lipinski definition) is 7. The van der Waals surface area contributed by atoms with Crippen molar-refractivity contribution in [1.29, 1.82) is 0 Å². The van der Waals surface area contributed by atoms with Crippen LogP contribution in [0.15, 0.2) is 89.1 Å². The maximum Gasteiger partial charge on any atom is 0.338 e. The van der Waals surface area contributed by atoms with Gasteiger partial charge >= 0.3 is 5.97 Å². The quantitative estimate of drug-likeness (QED) is 0.332. The fourth-order valence-electron chi connectivity index (χ4n) is 3.11. The van der Waals surface area contributed by atoms with E-state index in [1.807, 2.05) is 42.6 Å². The monoisotopic (exact) mass is 493 g/mol. The van der Waals surface area contributed by atoms with E-state index >= 15 is 0 Å². The molecule has 0 spiro atoms. The van der Waals surface area contributed by atoms with Gasteiger partial charge in [0.05, 0.1) is 21.8 Å². The van der Waals surface area contributed by atoms with Crippen LogP contribution < -0.4 is 9.62 Å². The van der Waals surface area contributed by atoms with Gasteiger partial charge in [0.2, 0.25) is 0 Å². The Bertz CT molecular complexity index is 1370. The molecule has 0 radical (unpaired) electrons. The first-order valence-electron chi connectivity index (χ1n) is 10.4. The Labute approximate surface area is 202 Å². The molecule has 3 aromatic carbocycles. The molecule has 0 amide bonds. The van der Waals surface area contributed by atoms with E-state index in [4.69, 9.17) is 4.74 Å². The smallest absolute Gasteiger partial charge is 0.338 e. The molecule has 0 unspecified atom stereocenters. The van der Waals surface area contributed by atoms with Crippen LogP contribution >= 0.6 is 11.3 Å². The van der Waals surface area contributed by atoms with Crippen LogP contribution in [0, 0.1) is 6.92 Å². The van der Waals surface area contributed by atoms with Crippen LogP contribution in [0.2, 0.25) is 0 Å². The molecular weight excluding hydrogens is 470 g/mol. The van der Waals surface area contributed by atoms with Gasteiger partial charge in [-0.1, -0.05) is 35.9 Å². The molecule has 0 aliphatic rings. The summed E-state index contributed by atoms with van der Waals surface area (Å²) >= 11 is 1.42. The van der Waals surface area contributed by atoms with Crippen LogP contribution in [0.1, 0.15) is 21.6 Å². The van der Waals surface area contributed by atoms with E-state index in [0.29, 0.717) is 16.5 Å². The normalized spacial score (nSPS) is 11.1. The second-order valence-electron chi connectivity index (χ2n) is 7.54. The first kappa shape index (κ1) is 23.5. The zero-order chi connectivity index (χ0) is 24.1. The summed E-state index contributed by atoms with van der Waals surface area (Å²) in [6.07, 6.45) is 0. The number of para-hydroxylation sites is 1. The minimum Gasteiger partial charge on any atom is -0.456 e. The van der Waals surface area contributed by atoms with Gasteiger partial charge in [-0.25, -0.2) is 18.2 Å². The number of esters is 1. The van der Waals surface area contributed by atoms with Crippen LogP contribution in [0.4, 0.5) is 16.5 Å². The first-order chi connectivity index (χ1) is 16.3. The predicted octanol–water partition coefficient (Wildman–Crippen LogP) is 5.38. The number of rotatable bonds is 8. The molecule has 0 bridgehead atoms. The molecule has 0 atom stereocenters. The van der Waals surface area contributed by atoms with E-state index in [9.17, 15) is 13.2 Å². The Morgan fingerprint density at radius 3 is 2.35 bits per heavy atom. The van der Waals surface area contributed by atoms with Gasteiger partial charge in [-0.3, -0.25) is 4.31 Å². The lowest BCUT2D eigenvalue weighted by molar-refractivity contribution is 0.0468. The number of aromatic nitrogens is 1. The van der Waals surface area contributed by atoms with Crippen molar-refractivity contribution in [2.75, 3.05) is 16.7 Å². The Balaban J connectivity index is 1.36. The molecule has 1 heterocycles. The Hall–Kier alpha value is -3.69. The number of carbonyl (C=O) groups excluding carboxylic acids is 1. The zero-order valence-electron chi connectivity index (χ0n) is 18.6. The van der Waals surface area contributed by atoms with Gasteiger partial charge in [-0.2, -0.15) is 0 Å². The number of nitrogens with one attached hydrogen (secondary N) is 1. The number of aryl methyl sites for hydroxylation is 1. The molecule has 34 heavy (non-hydrogen) atoms. The lowest BCUT2D eigenvalue weighted by atomic mass is 10.2. The van der Waals surface area contributed by atoms with Crippen molar-refractivity contribution < 1.29 is 17.9 Å².